The van der Waals surface area contributed by atoms with Gasteiger partial charge in [-0.1, -0.05) is 13.8 Å². The van der Waals surface area contributed by atoms with E-state index >= 15 is 0 Å². The second-order valence-electron chi connectivity index (χ2n) is 6.50. The molecule has 0 saturated heterocycles. The summed E-state index contributed by atoms with van der Waals surface area (Å²) in [6, 6.07) is 6.39. The molecule has 1 saturated carbocycles. The lowest BCUT2D eigenvalue weighted by Gasteiger charge is -2.32. The monoisotopic (exact) mass is 285 g/mol. The maximum absolute atomic E-state index is 5.96. The molecule has 5 heteroatoms. The Hall–Kier alpha value is -1.91. The van der Waals surface area contributed by atoms with Gasteiger partial charge in [-0.15, -0.1) is 5.10 Å². The van der Waals surface area contributed by atoms with Crippen molar-refractivity contribution in [1.29, 1.82) is 0 Å². The molecule has 21 heavy (non-hydrogen) atoms. The first kappa shape index (κ1) is 14.0. The number of anilines is 1. The van der Waals surface area contributed by atoms with Crippen LogP contribution in [0, 0.1) is 18.8 Å². The van der Waals surface area contributed by atoms with Gasteiger partial charge in [0.2, 0.25) is 0 Å². The molecular formula is C16H23N5. The second-order valence-corrected chi connectivity index (χ2v) is 6.50. The molecule has 1 fully saturated rings. The van der Waals surface area contributed by atoms with E-state index < -0.39 is 0 Å². The van der Waals surface area contributed by atoms with E-state index in [9.17, 15) is 0 Å². The van der Waals surface area contributed by atoms with E-state index in [1.165, 1.54) is 6.42 Å². The van der Waals surface area contributed by atoms with Crippen molar-refractivity contribution >= 4 is 5.69 Å². The summed E-state index contributed by atoms with van der Waals surface area (Å²) in [6.45, 7) is 6.70. The molecule has 0 spiro atoms. The summed E-state index contributed by atoms with van der Waals surface area (Å²) >= 11 is 0. The van der Waals surface area contributed by atoms with Crippen LogP contribution in [-0.4, -0.2) is 20.2 Å². The molecule has 1 aromatic carbocycles. The van der Waals surface area contributed by atoms with Crippen LogP contribution in [0.15, 0.2) is 18.2 Å². The van der Waals surface area contributed by atoms with Gasteiger partial charge in [-0.3, -0.25) is 0 Å². The third-order valence-electron chi connectivity index (χ3n) is 4.77. The average molecular weight is 285 g/mol. The van der Waals surface area contributed by atoms with E-state index in [1.54, 1.807) is 0 Å². The Kier molecular flexibility index (Phi) is 3.66. The van der Waals surface area contributed by atoms with Gasteiger partial charge >= 0.3 is 0 Å². The topological polar surface area (TPSA) is 69.6 Å². The van der Waals surface area contributed by atoms with Gasteiger partial charge in [0.05, 0.1) is 6.04 Å². The van der Waals surface area contributed by atoms with Crippen LogP contribution in [-0.2, 0) is 0 Å². The highest BCUT2D eigenvalue weighted by Crippen LogP contribution is 2.37. The summed E-state index contributed by atoms with van der Waals surface area (Å²) in [5, 5.41) is 12.4. The summed E-state index contributed by atoms with van der Waals surface area (Å²) in [7, 11) is 0. The van der Waals surface area contributed by atoms with E-state index in [-0.39, 0.29) is 0 Å². The van der Waals surface area contributed by atoms with Crippen molar-refractivity contribution in [3.8, 4) is 11.4 Å². The Morgan fingerprint density at radius 1 is 1.14 bits per heavy atom. The fraction of sp³-hybridized carbons (Fsp3) is 0.562. The molecule has 3 rings (SSSR count). The Labute approximate surface area is 125 Å². The number of tetrazole rings is 1. The highest BCUT2D eigenvalue weighted by atomic mass is 15.5. The number of nitrogens with zero attached hydrogens (tertiary/aromatic N) is 4. The predicted molar refractivity (Wildman–Crippen MR) is 83.6 cm³/mol. The van der Waals surface area contributed by atoms with Gasteiger partial charge in [0.1, 0.15) is 0 Å². The number of hydrogen-bond donors (Lipinski definition) is 1. The number of benzene rings is 1. The van der Waals surface area contributed by atoms with Crippen LogP contribution >= 0.6 is 0 Å². The van der Waals surface area contributed by atoms with Gasteiger partial charge in [0.25, 0.3) is 0 Å². The lowest BCUT2D eigenvalue weighted by Crippen LogP contribution is -2.24. The Morgan fingerprint density at radius 3 is 2.67 bits per heavy atom. The summed E-state index contributed by atoms with van der Waals surface area (Å²) in [5.74, 6) is 2.33. The van der Waals surface area contributed by atoms with Crippen molar-refractivity contribution < 1.29 is 0 Å². The van der Waals surface area contributed by atoms with E-state index in [0.717, 1.165) is 41.4 Å². The summed E-state index contributed by atoms with van der Waals surface area (Å²) in [4.78, 5) is 0. The first-order chi connectivity index (χ1) is 10.0. The van der Waals surface area contributed by atoms with Crippen LogP contribution in [0.3, 0.4) is 0 Å². The normalized spacial score (nSPS) is 26.0. The number of aromatic nitrogens is 4. The van der Waals surface area contributed by atoms with Gasteiger partial charge in [-0.2, -0.15) is 0 Å². The third-order valence-corrected chi connectivity index (χ3v) is 4.77. The third kappa shape index (κ3) is 2.77. The zero-order valence-corrected chi connectivity index (χ0v) is 13.0. The molecule has 1 heterocycles. The first-order valence-corrected chi connectivity index (χ1v) is 7.70. The van der Waals surface area contributed by atoms with Gasteiger partial charge in [-0.25, -0.2) is 4.68 Å². The highest BCUT2D eigenvalue weighted by molar-refractivity contribution is 5.62. The zero-order valence-electron chi connectivity index (χ0n) is 13.0. The minimum Gasteiger partial charge on any atom is -0.399 e. The zero-order chi connectivity index (χ0) is 15.0. The van der Waals surface area contributed by atoms with Crippen LogP contribution in [0.2, 0.25) is 0 Å². The van der Waals surface area contributed by atoms with E-state index in [0.29, 0.717) is 12.0 Å². The largest absolute Gasteiger partial charge is 0.399 e. The molecule has 2 N–H and O–H groups in total. The lowest BCUT2D eigenvalue weighted by atomic mass is 9.79. The Bertz CT molecular complexity index is 613. The molecule has 0 aliphatic heterocycles. The Balaban J connectivity index is 1.94. The molecule has 5 nitrogen and oxygen atoms in total. The molecule has 0 amide bonds. The van der Waals surface area contributed by atoms with E-state index in [1.807, 2.05) is 23.7 Å². The standard InChI is InChI=1S/C16H23N5/c1-10-6-13(9-14(17)7-10)16-18-19-20-21(16)15-5-4-11(2)12(3)8-15/h6-7,9,11-12,15H,4-5,8,17H2,1-3H3. The molecule has 1 aliphatic carbocycles. The van der Waals surface area contributed by atoms with Crippen LogP contribution < -0.4 is 5.73 Å². The number of nitrogens with two attached hydrogens (primary N) is 1. The maximum atomic E-state index is 5.96. The summed E-state index contributed by atoms with van der Waals surface area (Å²) < 4.78 is 2.00. The quantitative estimate of drug-likeness (QED) is 0.860. The van der Waals surface area contributed by atoms with Gasteiger partial charge in [0.15, 0.2) is 5.82 Å². The van der Waals surface area contributed by atoms with Crippen molar-refractivity contribution in [2.75, 3.05) is 5.73 Å². The van der Waals surface area contributed by atoms with Gasteiger partial charge in [0, 0.05) is 11.3 Å². The smallest absolute Gasteiger partial charge is 0.182 e. The van der Waals surface area contributed by atoms with Gasteiger partial charge < -0.3 is 5.73 Å². The van der Waals surface area contributed by atoms with Crippen molar-refractivity contribution in [3.05, 3.63) is 23.8 Å². The average Bonchev–Trinajstić information content (AvgIpc) is 2.90. The van der Waals surface area contributed by atoms with Crippen molar-refractivity contribution in [1.82, 2.24) is 20.2 Å². The van der Waals surface area contributed by atoms with E-state index in [4.69, 9.17) is 5.73 Å². The summed E-state index contributed by atoms with van der Waals surface area (Å²) in [5.41, 5.74) is 8.84. The molecule has 1 aliphatic rings. The number of hydrogen-bond acceptors (Lipinski definition) is 4. The van der Waals surface area contributed by atoms with Crippen molar-refractivity contribution in [2.45, 2.75) is 46.1 Å². The maximum Gasteiger partial charge on any atom is 0.182 e. The molecule has 112 valence electrons. The molecule has 2 aromatic rings. The fourth-order valence-electron chi connectivity index (χ4n) is 3.31. The lowest BCUT2D eigenvalue weighted by molar-refractivity contribution is 0.200. The van der Waals surface area contributed by atoms with Crippen LogP contribution in [0.25, 0.3) is 11.4 Å². The molecule has 3 atom stereocenters. The number of rotatable bonds is 2. The minimum absolute atomic E-state index is 0.392. The molecular weight excluding hydrogens is 262 g/mol. The van der Waals surface area contributed by atoms with Crippen molar-refractivity contribution in [2.24, 2.45) is 11.8 Å². The Morgan fingerprint density at radius 2 is 1.95 bits per heavy atom. The van der Waals surface area contributed by atoms with Crippen LogP contribution in [0.1, 0.15) is 44.7 Å². The highest BCUT2D eigenvalue weighted by Gasteiger charge is 2.28. The summed E-state index contributed by atoms with van der Waals surface area (Å²) in [6.07, 6.45) is 3.52. The molecule has 3 unspecified atom stereocenters. The number of nitrogen functional groups attached to an aromatic ring is 1. The SMILES string of the molecule is Cc1cc(N)cc(-c2nnnn2C2CCC(C)C(C)C2)c1. The van der Waals surface area contributed by atoms with E-state index in [2.05, 4.69) is 35.4 Å². The molecule has 0 radical (unpaired) electrons. The minimum atomic E-state index is 0.392. The van der Waals surface area contributed by atoms with Crippen LogP contribution in [0.4, 0.5) is 5.69 Å². The second kappa shape index (κ2) is 5.47. The van der Waals surface area contributed by atoms with Crippen LogP contribution in [0.5, 0.6) is 0 Å². The van der Waals surface area contributed by atoms with Crippen molar-refractivity contribution in [3.63, 3.8) is 0 Å². The fourth-order valence-corrected chi connectivity index (χ4v) is 3.31. The predicted octanol–water partition coefficient (Wildman–Crippen LogP) is 3.23. The molecule has 0 bridgehead atoms. The number of aryl methyl sites for hydroxylation is 1. The van der Waals surface area contributed by atoms with Gasteiger partial charge in [-0.05, 0) is 72.2 Å². The first-order valence-electron chi connectivity index (χ1n) is 7.70. The molecule has 1 aromatic heterocycles.